The number of amides is 2. The van der Waals surface area contributed by atoms with Crippen LogP contribution < -0.4 is 4.90 Å². The van der Waals surface area contributed by atoms with Gasteiger partial charge >= 0.3 is 5.97 Å². The molecule has 2 amide bonds. The van der Waals surface area contributed by atoms with Crippen molar-refractivity contribution in [2.24, 2.45) is 11.8 Å². The van der Waals surface area contributed by atoms with Gasteiger partial charge in [-0.05, 0) is 55.9 Å². The van der Waals surface area contributed by atoms with Gasteiger partial charge in [-0.15, -0.1) is 11.8 Å². The highest BCUT2D eigenvalue weighted by Gasteiger charge is 2.71. The molecule has 6 atom stereocenters. The Labute approximate surface area is 245 Å². The van der Waals surface area contributed by atoms with E-state index in [1.165, 1.54) is 11.8 Å². The summed E-state index contributed by atoms with van der Waals surface area (Å²) in [5, 5.41) is 10.4. The maximum Gasteiger partial charge on any atom is 0.311 e. The highest BCUT2D eigenvalue weighted by atomic mass is 32.2. The molecule has 2 aromatic carbocycles. The molecule has 7 nitrogen and oxygen atoms in total. The number of aryl methyl sites for hydroxylation is 2. The van der Waals surface area contributed by atoms with Crippen molar-refractivity contribution in [2.75, 3.05) is 24.7 Å². The summed E-state index contributed by atoms with van der Waals surface area (Å²) in [6, 6.07) is 14.2. The first-order valence-electron chi connectivity index (χ1n) is 14.4. The zero-order valence-corrected chi connectivity index (χ0v) is 24.3. The van der Waals surface area contributed by atoms with Gasteiger partial charge in [-0.25, -0.2) is 0 Å². The van der Waals surface area contributed by atoms with Crippen molar-refractivity contribution >= 4 is 35.2 Å². The predicted octanol–water partition coefficient (Wildman–Crippen LogP) is 4.00. The van der Waals surface area contributed by atoms with Gasteiger partial charge in [0.05, 0.1) is 35.8 Å². The molecule has 0 saturated carbocycles. The topological polar surface area (TPSA) is 87.2 Å². The van der Waals surface area contributed by atoms with Gasteiger partial charge in [0.15, 0.2) is 0 Å². The summed E-state index contributed by atoms with van der Waals surface area (Å²) in [7, 11) is 0. The van der Waals surface area contributed by atoms with Gasteiger partial charge in [-0.2, -0.15) is 0 Å². The van der Waals surface area contributed by atoms with Crippen LogP contribution in [-0.4, -0.2) is 69.6 Å². The van der Waals surface area contributed by atoms with Crippen molar-refractivity contribution < 1.29 is 24.2 Å². The van der Waals surface area contributed by atoms with Gasteiger partial charge in [0, 0.05) is 17.5 Å². The molecular weight excluding hydrogens is 536 g/mol. The van der Waals surface area contributed by atoms with Crippen LogP contribution in [0.1, 0.15) is 29.5 Å². The van der Waals surface area contributed by atoms with Crippen LogP contribution in [0.15, 0.2) is 72.8 Å². The Morgan fingerprint density at radius 3 is 2.66 bits per heavy atom. The van der Waals surface area contributed by atoms with E-state index in [0.717, 1.165) is 35.2 Å². The van der Waals surface area contributed by atoms with E-state index in [1.54, 1.807) is 9.80 Å². The van der Waals surface area contributed by atoms with Crippen LogP contribution in [0.2, 0.25) is 0 Å². The molecule has 41 heavy (non-hydrogen) atoms. The number of hydrogen-bond donors (Lipinski definition) is 1. The summed E-state index contributed by atoms with van der Waals surface area (Å²) < 4.78 is 4.70. The zero-order valence-electron chi connectivity index (χ0n) is 23.4. The Bertz CT molecular complexity index is 1410. The molecule has 2 fully saturated rings. The van der Waals surface area contributed by atoms with Gasteiger partial charge < -0.3 is 19.6 Å². The van der Waals surface area contributed by atoms with E-state index in [1.807, 2.05) is 80.6 Å². The number of aliphatic hydroxyl groups is 1. The molecule has 1 spiro atoms. The fourth-order valence-electron chi connectivity index (χ4n) is 6.95. The summed E-state index contributed by atoms with van der Waals surface area (Å²) in [6.45, 7) is 4.34. The second kappa shape index (κ2) is 11.1. The third-order valence-electron chi connectivity index (χ3n) is 8.86. The standard InChI is InChI=1S/C33H36N2O5S/c1-21-13-14-22(2)25(18-21)34-16-9-15-33-28(27-26(41-33)12-7-4-8-17-40-32(27)39)30(37)35(29(33)31(34)38)24(20-36)19-23-10-5-3-6-11-23/h3,5-7,9-15,18,24,26-29,36H,4,8,16-17,19-20H2,1-2H3/b12-7-/t24-,26-,27+,28+,29?,33+/m1/s1. The lowest BCUT2D eigenvalue weighted by Gasteiger charge is -2.39. The Morgan fingerprint density at radius 2 is 1.88 bits per heavy atom. The van der Waals surface area contributed by atoms with E-state index in [4.69, 9.17) is 4.74 Å². The quantitative estimate of drug-likeness (QED) is 0.431. The van der Waals surface area contributed by atoms with E-state index in [-0.39, 0.29) is 29.6 Å². The van der Waals surface area contributed by atoms with Crippen molar-refractivity contribution in [2.45, 2.75) is 55.2 Å². The molecule has 4 aliphatic rings. The summed E-state index contributed by atoms with van der Waals surface area (Å²) in [5.74, 6) is -2.33. The molecule has 2 aromatic rings. The second-order valence-corrected chi connectivity index (χ2v) is 13.0. The summed E-state index contributed by atoms with van der Waals surface area (Å²) in [5.41, 5.74) is 3.77. The Hall–Kier alpha value is -3.36. The monoisotopic (exact) mass is 572 g/mol. The first-order chi connectivity index (χ1) is 19.9. The van der Waals surface area contributed by atoms with Gasteiger partial charge in [0.2, 0.25) is 5.91 Å². The van der Waals surface area contributed by atoms with E-state index in [0.29, 0.717) is 19.6 Å². The number of carbonyl (C=O) groups excluding carboxylic acids is 3. The predicted molar refractivity (Wildman–Crippen MR) is 159 cm³/mol. The Balaban J connectivity index is 1.49. The number of likely N-dealkylation sites (tertiary alicyclic amines) is 1. The molecule has 1 unspecified atom stereocenters. The molecule has 0 bridgehead atoms. The molecule has 8 heteroatoms. The Morgan fingerprint density at radius 1 is 1.07 bits per heavy atom. The number of cyclic esters (lactones) is 1. The molecule has 4 heterocycles. The van der Waals surface area contributed by atoms with E-state index < -0.39 is 28.7 Å². The molecule has 4 aliphatic heterocycles. The molecule has 0 aromatic heterocycles. The molecule has 0 radical (unpaired) electrons. The highest BCUT2D eigenvalue weighted by Crippen LogP contribution is 2.61. The smallest absolute Gasteiger partial charge is 0.311 e. The van der Waals surface area contributed by atoms with Crippen molar-refractivity contribution in [1.29, 1.82) is 0 Å². The average Bonchev–Trinajstić information content (AvgIpc) is 3.38. The van der Waals surface area contributed by atoms with Crippen molar-refractivity contribution in [1.82, 2.24) is 4.90 Å². The number of anilines is 1. The fourth-order valence-corrected chi connectivity index (χ4v) is 8.94. The maximum absolute atomic E-state index is 14.8. The summed E-state index contributed by atoms with van der Waals surface area (Å²) in [6.07, 6.45) is 9.99. The van der Waals surface area contributed by atoms with Crippen LogP contribution in [0.5, 0.6) is 0 Å². The van der Waals surface area contributed by atoms with Crippen LogP contribution in [0.4, 0.5) is 5.69 Å². The van der Waals surface area contributed by atoms with Crippen molar-refractivity contribution in [3.05, 3.63) is 89.5 Å². The van der Waals surface area contributed by atoms with Gasteiger partial charge in [-0.1, -0.05) is 66.8 Å². The van der Waals surface area contributed by atoms with E-state index >= 15 is 0 Å². The molecule has 6 rings (SSSR count). The lowest BCUT2D eigenvalue weighted by molar-refractivity contribution is -0.153. The SMILES string of the molecule is Cc1ccc(C)c(N2CC=C[C@]34S[C@@H]5/C=C\CCCOC(=O)[C@@H]5[C@H]3C(=O)N([C@@H](CO)Cc3ccccc3)C4C2=O)c1. The highest BCUT2D eigenvalue weighted by molar-refractivity contribution is 8.02. The largest absolute Gasteiger partial charge is 0.465 e. The number of nitrogens with zero attached hydrogens (tertiary/aromatic N) is 2. The number of benzene rings is 2. The van der Waals surface area contributed by atoms with Crippen LogP contribution in [0.25, 0.3) is 0 Å². The number of carbonyl (C=O) groups is 3. The average molecular weight is 573 g/mol. The molecule has 214 valence electrons. The zero-order chi connectivity index (χ0) is 28.7. The third kappa shape index (κ3) is 4.71. The lowest BCUT2D eigenvalue weighted by Crippen LogP contribution is -2.57. The van der Waals surface area contributed by atoms with Crippen molar-refractivity contribution in [3.8, 4) is 0 Å². The number of ether oxygens (including phenoxy) is 1. The first-order valence-corrected chi connectivity index (χ1v) is 15.3. The minimum atomic E-state index is -0.970. The fraction of sp³-hybridized carbons (Fsp3) is 0.424. The van der Waals surface area contributed by atoms with Crippen LogP contribution in [0.3, 0.4) is 0 Å². The minimum absolute atomic E-state index is 0.192. The normalized spacial score (nSPS) is 30.9. The Kier molecular flexibility index (Phi) is 7.55. The lowest BCUT2D eigenvalue weighted by atomic mass is 9.78. The molecule has 1 N–H and O–H groups in total. The number of fused-ring (bicyclic) bond motifs is 2. The number of esters is 1. The first kappa shape index (κ1) is 27.8. The third-order valence-corrected chi connectivity index (χ3v) is 10.6. The summed E-state index contributed by atoms with van der Waals surface area (Å²) in [4.78, 5) is 46.3. The molecular formula is C33H36N2O5S. The number of hydrogen-bond acceptors (Lipinski definition) is 6. The van der Waals surface area contributed by atoms with Gasteiger partial charge in [0.25, 0.3) is 5.91 Å². The number of thioether (sulfide) groups is 1. The number of aliphatic hydroxyl groups excluding tert-OH is 1. The van der Waals surface area contributed by atoms with E-state index in [9.17, 15) is 19.5 Å². The maximum atomic E-state index is 14.8. The number of rotatable bonds is 5. The second-order valence-electron chi connectivity index (χ2n) is 11.5. The van der Waals surface area contributed by atoms with Crippen LogP contribution in [0, 0.1) is 25.7 Å². The van der Waals surface area contributed by atoms with Crippen molar-refractivity contribution in [3.63, 3.8) is 0 Å². The minimum Gasteiger partial charge on any atom is -0.465 e. The summed E-state index contributed by atoms with van der Waals surface area (Å²) >= 11 is 1.53. The molecule has 2 saturated heterocycles. The van der Waals surface area contributed by atoms with Gasteiger partial charge in [0.1, 0.15) is 6.04 Å². The number of allylic oxidation sites excluding steroid dienone is 1. The van der Waals surface area contributed by atoms with Gasteiger partial charge in [-0.3, -0.25) is 14.4 Å². The molecule has 0 aliphatic carbocycles. The van der Waals surface area contributed by atoms with Crippen LogP contribution in [-0.2, 0) is 25.5 Å². The van der Waals surface area contributed by atoms with Crippen LogP contribution >= 0.6 is 11.8 Å². The van der Waals surface area contributed by atoms with E-state index in [2.05, 4.69) is 6.08 Å².